The number of pyridine rings is 1. The molecule has 1 N–H and O–H groups in total. The summed E-state index contributed by atoms with van der Waals surface area (Å²) in [5, 5.41) is 4.55. The zero-order valence-electron chi connectivity index (χ0n) is 19.0. The average Bonchev–Trinajstić information content (AvgIpc) is 3.19. The van der Waals surface area contributed by atoms with Gasteiger partial charge in [0, 0.05) is 38.1 Å². The Morgan fingerprint density at radius 1 is 1.06 bits per heavy atom. The topological polar surface area (TPSA) is 93.4 Å². The van der Waals surface area contributed by atoms with Crippen molar-refractivity contribution in [1.82, 2.24) is 24.5 Å². The fourth-order valence-corrected chi connectivity index (χ4v) is 3.92. The molecule has 9 heteroatoms. The zero-order chi connectivity index (χ0) is 22.8. The number of rotatable bonds is 5. The highest BCUT2D eigenvalue weighted by molar-refractivity contribution is 5.99. The SMILES string of the molecule is C/C(=N\Nc1nc(N2CCOCC2)c2nc(-c3ccncc3)n(C)c2n1)c1cccc(C)c1. The van der Waals surface area contributed by atoms with Gasteiger partial charge in [-0.3, -0.25) is 4.98 Å². The second-order valence-corrected chi connectivity index (χ2v) is 8.05. The van der Waals surface area contributed by atoms with Gasteiger partial charge >= 0.3 is 0 Å². The van der Waals surface area contributed by atoms with Gasteiger partial charge in [0.15, 0.2) is 17.0 Å². The normalized spacial score (nSPS) is 14.6. The van der Waals surface area contributed by atoms with Gasteiger partial charge < -0.3 is 14.2 Å². The van der Waals surface area contributed by atoms with Crippen molar-refractivity contribution < 1.29 is 4.74 Å². The molecule has 0 saturated carbocycles. The molecule has 1 aliphatic rings. The molecule has 1 aliphatic heterocycles. The minimum atomic E-state index is 0.431. The molecular formula is C24H26N8O. The fraction of sp³-hybridized carbons (Fsp3) is 0.292. The van der Waals surface area contributed by atoms with Crippen LogP contribution < -0.4 is 10.3 Å². The van der Waals surface area contributed by atoms with Crippen LogP contribution in [0.5, 0.6) is 0 Å². The largest absolute Gasteiger partial charge is 0.378 e. The number of aromatic nitrogens is 5. The molecule has 0 bridgehead atoms. The summed E-state index contributed by atoms with van der Waals surface area (Å²) in [6, 6.07) is 12.1. The van der Waals surface area contributed by atoms with E-state index in [1.54, 1.807) is 12.4 Å². The van der Waals surface area contributed by atoms with Crippen molar-refractivity contribution in [2.75, 3.05) is 36.6 Å². The Morgan fingerprint density at radius 3 is 2.61 bits per heavy atom. The van der Waals surface area contributed by atoms with Gasteiger partial charge in [0.25, 0.3) is 0 Å². The standard InChI is InChI=1S/C24H26N8O/c1-16-5-4-6-19(15-16)17(2)29-30-24-27-22-20(23(28-24)32-11-13-33-14-12-32)26-21(31(22)3)18-7-9-25-10-8-18/h4-10,15H,11-14H2,1-3H3,(H,27,28,30)/b29-17+. The van der Waals surface area contributed by atoms with Crippen LogP contribution in [-0.2, 0) is 11.8 Å². The quantitative estimate of drug-likeness (QED) is 0.374. The lowest BCUT2D eigenvalue weighted by atomic mass is 10.1. The molecule has 1 fully saturated rings. The predicted molar refractivity (Wildman–Crippen MR) is 130 cm³/mol. The van der Waals surface area contributed by atoms with Gasteiger partial charge in [0.05, 0.1) is 18.9 Å². The maximum Gasteiger partial charge on any atom is 0.247 e. The Labute approximate surface area is 192 Å². The molecule has 168 valence electrons. The molecule has 0 radical (unpaired) electrons. The first-order valence-electron chi connectivity index (χ1n) is 10.9. The molecule has 4 aromatic rings. The van der Waals surface area contributed by atoms with E-state index in [-0.39, 0.29) is 0 Å². The molecule has 0 amide bonds. The van der Waals surface area contributed by atoms with Crippen LogP contribution >= 0.6 is 0 Å². The molecule has 4 heterocycles. The Hall–Kier alpha value is -3.85. The number of morpholine rings is 1. The van der Waals surface area contributed by atoms with Crippen LogP contribution in [0.25, 0.3) is 22.6 Å². The van der Waals surface area contributed by atoms with E-state index in [0.717, 1.165) is 52.7 Å². The summed E-state index contributed by atoms with van der Waals surface area (Å²) in [6.45, 7) is 6.84. The van der Waals surface area contributed by atoms with E-state index >= 15 is 0 Å². The molecule has 1 saturated heterocycles. The second kappa shape index (κ2) is 8.95. The third-order valence-corrected chi connectivity index (χ3v) is 5.71. The number of ether oxygens (including phenoxy) is 1. The number of imidazole rings is 1. The lowest BCUT2D eigenvalue weighted by molar-refractivity contribution is 0.122. The van der Waals surface area contributed by atoms with E-state index < -0.39 is 0 Å². The highest BCUT2D eigenvalue weighted by Gasteiger charge is 2.22. The minimum Gasteiger partial charge on any atom is -0.378 e. The fourth-order valence-electron chi connectivity index (χ4n) is 3.92. The molecule has 3 aromatic heterocycles. The van der Waals surface area contributed by atoms with Gasteiger partial charge in [-0.1, -0.05) is 29.8 Å². The summed E-state index contributed by atoms with van der Waals surface area (Å²) < 4.78 is 7.53. The van der Waals surface area contributed by atoms with Crippen LogP contribution in [0, 0.1) is 6.92 Å². The third kappa shape index (κ3) is 4.27. The number of hydrogen-bond donors (Lipinski definition) is 1. The van der Waals surface area contributed by atoms with E-state index in [1.807, 2.05) is 42.8 Å². The molecule has 0 spiro atoms. The van der Waals surface area contributed by atoms with Crippen molar-refractivity contribution in [3.63, 3.8) is 0 Å². The van der Waals surface area contributed by atoms with Gasteiger partial charge in [0.1, 0.15) is 5.82 Å². The summed E-state index contributed by atoms with van der Waals surface area (Å²) in [7, 11) is 1.96. The van der Waals surface area contributed by atoms with Gasteiger partial charge in [-0.25, -0.2) is 10.4 Å². The number of fused-ring (bicyclic) bond motifs is 1. The van der Waals surface area contributed by atoms with E-state index in [9.17, 15) is 0 Å². The maximum absolute atomic E-state index is 5.54. The number of aryl methyl sites for hydroxylation is 2. The molecule has 0 aliphatic carbocycles. The van der Waals surface area contributed by atoms with Crippen LogP contribution in [-0.4, -0.2) is 56.5 Å². The van der Waals surface area contributed by atoms with Crippen LogP contribution in [0.3, 0.4) is 0 Å². The highest BCUT2D eigenvalue weighted by atomic mass is 16.5. The lowest BCUT2D eigenvalue weighted by Crippen LogP contribution is -2.37. The molecule has 9 nitrogen and oxygen atoms in total. The van der Waals surface area contributed by atoms with E-state index in [2.05, 4.69) is 39.5 Å². The number of nitrogens with one attached hydrogen (secondary N) is 1. The van der Waals surface area contributed by atoms with Crippen LogP contribution in [0.2, 0.25) is 0 Å². The second-order valence-electron chi connectivity index (χ2n) is 8.05. The van der Waals surface area contributed by atoms with Crippen molar-refractivity contribution in [2.24, 2.45) is 12.1 Å². The Kier molecular flexibility index (Phi) is 5.70. The lowest BCUT2D eigenvalue weighted by Gasteiger charge is -2.28. The zero-order valence-corrected chi connectivity index (χ0v) is 19.0. The van der Waals surface area contributed by atoms with Crippen LogP contribution in [0.1, 0.15) is 18.1 Å². The predicted octanol–water partition coefficient (Wildman–Crippen LogP) is 3.41. The number of hydrogen-bond acceptors (Lipinski definition) is 8. The molecule has 0 atom stereocenters. The first-order chi connectivity index (χ1) is 16.1. The van der Waals surface area contributed by atoms with Gasteiger partial charge in [-0.05, 0) is 31.5 Å². The molecule has 0 unspecified atom stereocenters. The van der Waals surface area contributed by atoms with Crippen LogP contribution in [0.4, 0.5) is 11.8 Å². The van der Waals surface area contributed by atoms with Crippen molar-refractivity contribution in [3.8, 4) is 11.4 Å². The number of benzene rings is 1. The van der Waals surface area contributed by atoms with Crippen molar-refractivity contribution >= 4 is 28.6 Å². The van der Waals surface area contributed by atoms with Crippen molar-refractivity contribution in [1.29, 1.82) is 0 Å². The molecule has 5 rings (SSSR count). The first kappa shape index (κ1) is 21.0. The van der Waals surface area contributed by atoms with E-state index in [4.69, 9.17) is 19.7 Å². The third-order valence-electron chi connectivity index (χ3n) is 5.71. The first-order valence-corrected chi connectivity index (χ1v) is 10.9. The van der Waals surface area contributed by atoms with Crippen molar-refractivity contribution in [2.45, 2.75) is 13.8 Å². The van der Waals surface area contributed by atoms with Gasteiger partial charge in [-0.15, -0.1) is 0 Å². The van der Waals surface area contributed by atoms with Gasteiger partial charge in [-0.2, -0.15) is 15.1 Å². The Balaban J connectivity index is 1.57. The summed E-state index contributed by atoms with van der Waals surface area (Å²) >= 11 is 0. The number of hydrazone groups is 1. The molecule has 33 heavy (non-hydrogen) atoms. The summed E-state index contributed by atoms with van der Waals surface area (Å²) in [6.07, 6.45) is 3.53. The summed E-state index contributed by atoms with van der Waals surface area (Å²) in [5.41, 5.74) is 8.64. The summed E-state index contributed by atoms with van der Waals surface area (Å²) in [4.78, 5) is 20.8. The van der Waals surface area contributed by atoms with Crippen LogP contribution in [0.15, 0.2) is 53.9 Å². The minimum absolute atomic E-state index is 0.431. The number of anilines is 2. The van der Waals surface area contributed by atoms with Gasteiger partial charge in [0.2, 0.25) is 5.95 Å². The van der Waals surface area contributed by atoms with E-state index in [1.165, 1.54) is 5.56 Å². The number of nitrogens with zero attached hydrogens (tertiary/aromatic N) is 7. The highest BCUT2D eigenvalue weighted by Crippen LogP contribution is 2.29. The summed E-state index contributed by atoms with van der Waals surface area (Å²) in [5.74, 6) is 2.03. The molecular weight excluding hydrogens is 416 g/mol. The monoisotopic (exact) mass is 442 g/mol. The average molecular weight is 443 g/mol. The smallest absolute Gasteiger partial charge is 0.247 e. The van der Waals surface area contributed by atoms with Crippen molar-refractivity contribution in [3.05, 3.63) is 59.9 Å². The maximum atomic E-state index is 5.54. The Bertz CT molecular complexity index is 1310. The van der Waals surface area contributed by atoms with E-state index in [0.29, 0.717) is 19.2 Å². The Morgan fingerprint density at radius 2 is 1.85 bits per heavy atom. The molecule has 1 aromatic carbocycles.